The van der Waals surface area contributed by atoms with Gasteiger partial charge in [0.05, 0.1) is 6.61 Å². The molecule has 1 aromatic heterocycles. The number of nitrogens with zero attached hydrogens (tertiary/aromatic N) is 2. The zero-order chi connectivity index (χ0) is 18.6. The van der Waals surface area contributed by atoms with Crippen LogP contribution in [0.4, 0.5) is 0 Å². The number of nitrogens with one attached hydrogen (secondary N) is 1. The van der Waals surface area contributed by atoms with Crippen molar-refractivity contribution in [1.29, 1.82) is 0 Å². The van der Waals surface area contributed by atoms with Crippen molar-refractivity contribution in [1.82, 2.24) is 15.5 Å². The number of rotatable bonds is 7. The Morgan fingerprint density at radius 1 is 1.35 bits per heavy atom. The van der Waals surface area contributed by atoms with E-state index in [0.29, 0.717) is 31.2 Å². The highest BCUT2D eigenvalue weighted by atomic mass is 35.5. The van der Waals surface area contributed by atoms with Crippen LogP contribution >= 0.6 is 11.6 Å². The number of amides is 1. The monoisotopic (exact) mass is 377 g/mol. The molecule has 0 unspecified atom stereocenters. The van der Waals surface area contributed by atoms with Crippen molar-refractivity contribution >= 4 is 17.5 Å². The Bertz CT molecular complexity index is 769. The van der Waals surface area contributed by atoms with Gasteiger partial charge in [0.2, 0.25) is 11.8 Å². The molecule has 26 heavy (non-hydrogen) atoms. The van der Waals surface area contributed by atoms with Gasteiger partial charge in [0, 0.05) is 18.4 Å². The predicted molar refractivity (Wildman–Crippen MR) is 98.2 cm³/mol. The van der Waals surface area contributed by atoms with Crippen molar-refractivity contribution in [2.75, 3.05) is 6.61 Å². The lowest BCUT2D eigenvalue weighted by Crippen LogP contribution is -2.44. The van der Waals surface area contributed by atoms with E-state index in [1.165, 1.54) is 0 Å². The van der Waals surface area contributed by atoms with Crippen molar-refractivity contribution < 1.29 is 14.1 Å². The fourth-order valence-electron chi connectivity index (χ4n) is 3.34. The number of carbonyl (C=O) groups is 1. The van der Waals surface area contributed by atoms with E-state index in [0.717, 1.165) is 42.0 Å². The molecule has 1 N–H and O–H groups in total. The molecule has 6 nitrogen and oxygen atoms in total. The largest absolute Gasteiger partial charge is 0.494 e. The topological polar surface area (TPSA) is 77.2 Å². The van der Waals surface area contributed by atoms with Gasteiger partial charge in [0.15, 0.2) is 5.82 Å². The minimum absolute atomic E-state index is 0.00904. The fraction of sp³-hybridized carbons (Fsp3) is 0.526. The first-order valence-electron chi connectivity index (χ1n) is 8.99. The summed E-state index contributed by atoms with van der Waals surface area (Å²) >= 11 is 6.00. The van der Waals surface area contributed by atoms with Crippen molar-refractivity contribution in [3.8, 4) is 5.75 Å². The van der Waals surface area contributed by atoms with Crippen LogP contribution in [-0.4, -0.2) is 22.7 Å². The van der Waals surface area contributed by atoms with E-state index >= 15 is 0 Å². The van der Waals surface area contributed by atoms with Crippen LogP contribution in [-0.2, 0) is 10.3 Å². The molecule has 1 saturated carbocycles. The summed E-state index contributed by atoms with van der Waals surface area (Å²) in [6.07, 6.45) is 4.82. The molecule has 1 aromatic carbocycles. The maximum Gasteiger partial charge on any atom is 0.223 e. The molecule has 1 aliphatic carbocycles. The highest BCUT2D eigenvalue weighted by molar-refractivity contribution is 6.31. The molecule has 1 fully saturated rings. The molecule has 1 amide bonds. The van der Waals surface area contributed by atoms with E-state index < -0.39 is 5.54 Å². The first-order chi connectivity index (χ1) is 12.5. The molecule has 3 rings (SSSR count). The van der Waals surface area contributed by atoms with Crippen LogP contribution in [0, 0.1) is 13.8 Å². The van der Waals surface area contributed by atoms with Crippen LogP contribution in [0.1, 0.15) is 55.8 Å². The van der Waals surface area contributed by atoms with Crippen molar-refractivity contribution in [3.63, 3.8) is 0 Å². The number of aromatic nitrogens is 2. The summed E-state index contributed by atoms with van der Waals surface area (Å²) in [4.78, 5) is 16.8. The van der Waals surface area contributed by atoms with E-state index in [1.54, 1.807) is 6.92 Å². The second-order valence-electron chi connectivity index (χ2n) is 6.84. The maximum atomic E-state index is 12.4. The minimum atomic E-state index is -0.483. The summed E-state index contributed by atoms with van der Waals surface area (Å²) < 4.78 is 10.8. The van der Waals surface area contributed by atoms with Crippen LogP contribution in [0.2, 0.25) is 5.02 Å². The van der Waals surface area contributed by atoms with Gasteiger partial charge in [-0.1, -0.05) is 29.6 Å². The summed E-state index contributed by atoms with van der Waals surface area (Å²) in [5, 5.41) is 7.90. The van der Waals surface area contributed by atoms with Crippen molar-refractivity contribution in [2.45, 2.75) is 57.9 Å². The van der Waals surface area contributed by atoms with E-state index in [1.807, 2.05) is 25.1 Å². The molecule has 1 heterocycles. The van der Waals surface area contributed by atoms with Gasteiger partial charge in [-0.15, -0.1) is 0 Å². The Kier molecular flexibility index (Phi) is 5.81. The Labute approximate surface area is 158 Å². The number of aryl methyl sites for hydroxylation is 2. The zero-order valence-electron chi connectivity index (χ0n) is 15.2. The van der Waals surface area contributed by atoms with Gasteiger partial charge in [-0.2, -0.15) is 4.98 Å². The smallest absolute Gasteiger partial charge is 0.223 e. The van der Waals surface area contributed by atoms with E-state index in [2.05, 4.69) is 15.5 Å². The Balaban J connectivity index is 1.49. The lowest BCUT2D eigenvalue weighted by Gasteiger charge is -2.26. The van der Waals surface area contributed by atoms with Gasteiger partial charge < -0.3 is 14.6 Å². The Hall–Kier alpha value is -2.08. The first-order valence-corrected chi connectivity index (χ1v) is 9.37. The summed E-state index contributed by atoms with van der Waals surface area (Å²) in [6, 6.07) is 5.55. The highest BCUT2D eigenvalue weighted by Crippen LogP contribution is 2.37. The quantitative estimate of drug-likeness (QED) is 0.735. The molecule has 140 valence electrons. The summed E-state index contributed by atoms with van der Waals surface area (Å²) in [5.74, 6) is 1.87. The number of benzene rings is 1. The molecule has 0 aliphatic heterocycles. The molecular formula is C19H24ClN3O3. The van der Waals surface area contributed by atoms with Gasteiger partial charge in [-0.3, -0.25) is 4.79 Å². The summed E-state index contributed by atoms with van der Waals surface area (Å²) in [7, 11) is 0. The predicted octanol–water partition coefficient (Wildman–Crippen LogP) is 4.08. The average molecular weight is 378 g/mol. The van der Waals surface area contributed by atoms with Crippen LogP contribution in [0.3, 0.4) is 0 Å². The van der Waals surface area contributed by atoms with Crippen LogP contribution in [0.5, 0.6) is 5.75 Å². The Morgan fingerprint density at radius 2 is 2.12 bits per heavy atom. The molecule has 7 heteroatoms. The minimum Gasteiger partial charge on any atom is -0.494 e. The molecule has 1 aliphatic rings. The first kappa shape index (κ1) is 18.7. The zero-order valence-corrected chi connectivity index (χ0v) is 15.9. The molecule has 0 atom stereocenters. The second kappa shape index (κ2) is 8.08. The SMILES string of the molecule is Cc1nc(C2(NC(=O)CCCOc3ccc(Cl)c(C)c3)CCCC2)no1. The Morgan fingerprint density at radius 3 is 2.77 bits per heavy atom. The number of hydrogen-bond donors (Lipinski definition) is 1. The van der Waals surface area contributed by atoms with Gasteiger partial charge >= 0.3 is 0 Å². The molecule has 0 bridgehead atoms. The molecule has 2 aromatic rings. The third-order valence-corrected chi connectivity index (χ3v) is 5.16. The van der Waals surface area contributed by atoms with E-state index in [4.69, 9.17) is 20.9 Å². The lowest BCUT2D eigenvalue weighted by atomic mass is 9.96. The van der Waals surface area contributed by atoms with Gasteiger partial charge in [0.25, 0.3) is 0 Å². The highest BCUT2D eigenvalue weighted by Gasteiger charge is 2.41. The molecule has 0 spiro atoms. The number of ether oxygens (including phenoxy) is 1. The van der Waals surface area contributed by atoms with Crippen molar-refractivity contribution in [3.05, 3.63) is 40.5 Å². The van der Waals surface area contributed by atoms with Crippen LogP contribution < -0.4 is 10.1 Å². The van der Waals surface area contributed by atoms with Crippen LogP contribution in [0.15, 0.2) is 22.7 Å². The lowest BCUT2D eigenvalue weighted by molar-refractivity contribution is -0.123. The fourth-order valence-corrected chi connectivity index (χ4v) is 3.45. The van der Waals surface area contributed by atoms with Gasteiger partial charge in [-0.25, -0.2) is 0 Å². The third kappa shape index (κ3) is 4.36. The van der Waals surface area contributed by atoms with Gasteiger partial charge in [-0.05, 0) is 49.9 Å². The normalized spacial score (nSPS) is 15.8. The van der Waals surface area contributed by atoms with Gasteiger partial charge in [0.1, 0.15) is 11.3 Å². The standard InChI is InChI=1S/C19H24ClN3O3/c1-13-12-15(7-8-16(13)20)25-11-5-6-17(24)22-19(9-3-4-10-19)18-21-14(2)26-23-18/h7-8,12H,3-6,9-11H2,1-2H3,(H,22,24). The number of carbonyl (C=O) groups excluding carboxylic acids is 1. The maximum absolute atomic E-state index is 12.4. The molecule has 0 radical (unpaired) electrons. The second-order valence-corrected chi connectivity index (χ2v) is 7.24. The van der Waals surface area contributed by atoms with Crippen LogP contribution in [0.25, 0.3) is 0 Å². The van der Waals surface area contributed by atoms with Crippen molar-refractivity contribution in [2.24, 2.45) is 0 Å². The average Bonchev–Trinajstić information content (AvgIpc) is 3.25. The third-order valence-electron chi connectivity index (χ3n) is 4.74. The molecule has 0 saturated heterocycles. The molecular weight excluding hydrogens is 354 g/mol. The number of halogens is 1. The van der Waals surface area contributed by atoms with E-state index in [-0.39, 0.29) is 5.91 Å². The number of hydrogen-bond acceptors (Lipinski definition) is 5. The summed E-state index contributed by atoms with van der Waals surface area (Å²) in [5.41, 5.74) is 0.490. The summed E-state index contributed by atoms with van der Waals surface area (Å²) in [6.45, 7) is 4.17. The van der Waals surface area contributed by atoms with E-state index in [9.17, 15) is 4.79 Å².